The van der Waals surface area contributed by atoms with Gasteiger partial charge in [0.2, 0.25) is 0 Å². The first-order chi connectivity index (χ1) is 7.83. The van der Waals surface area contributed by atoms with Gasteiger partial charge in [0, 0.05) is 0 Å². The fourth-order valence-electron chi connectivity index (χ4n) is 1.75. The van der Waals surface area contributed by atoms with Crippen molar-refractivity contribution in [1.82, 2.24) is 5.32 Å². The predicted octanol–water partition coefficient (Wildman–Crippen LogP) is 1.37. The van der Waals surface area contributed by atoms with E-state index in [0.717, 1.165) is 0 Å². The summed E-state index contributed by atoms with van der Waals surface area (Å²) in [6.07, 6.45) is -0.414. The number of aliphatic hydroxyl groups excluding tert-OH is 1. The zero-order chi connectivity index (χ0) is 13.2. The minimum atomic E-state index is -2.57. The Morgan fingerprint density at radius 1 is 1.59 bits per heavy atom. The SMILES string of the molecule is CC(C)[C@H](O)C1(C)C(=O)NC(CCCl)=C[Se]1=O. The molecule has 1 heterocycles. The van der Waals surface area contributed by atoms with Crippen LogP contribution in [0, 0.1) is 5.92 Å². The van der Waals surface area contributed by atoms with Gasteiger partial charge in [0.25, 0.3) is 0 Å². The van der Waals surface area contributed by atoms with Crippen LogP contribution >= 0.6 is 11.6 Å². The van der Waals surface area contributed by atoms with Crippen molar-refractivity contribution in [2.45, 2.75) is 37.6 Å². The monoisotopic (exact) mass is 327 g/mol. The average Bonchev–Trinajstić information content (AvgIpc) is 2.25. The van der Waals surface area contributed by atoms with E-state index < -0.39 is 24.3 Å². The molecule has 98 valence electrons. The van der Waals surface area contributed by atoms with E-state index in [1.807, 2.05) is 0 Å². The van der Waals surface area contributed by atoms with Gasteiger partial charge in [-0.25, -0.2) is 0 Å². The van der Waals surface area contributed by atoms with Gasteiger partial charge in [-0.3, -0.25) is 0 Å². The summed E-state index contributed by atoms with van der Waals surface area (Å²) in [6, 6.07) is 0. The molecule has 1 rings (SSSR count). The van der Waals surface area contributed by atoms with Gasteiger partial charge in [0.1, 0.15) is 0 Å². The fraction of sp³-hybridized carbons (Fsp3) is 0.727. The molecule has 1 aliphatic heterocycles. The summed E-state index contributed by atoms with van der Waals surface area (Å²) in [5, 5.41) is 12.8. The molecular formula is C11H18ClNO3Se. The van der Waals surface area contributed by atoms with E-state index in [2.05, 4.69) is 5.32 Å². The van der Waals surface area contributed by atoms with Gasteiger partial charge in [-0.1, -0.05) is 0 Å². The molecule has 1 aliphatic rings. The van der Waals surface area contributed by atoms with Crippen molar-refractivity contribution >= 4 is 31.3 Å². The van der Waals surface area contributed by atoms with Crippen LogP contribution in [0.4, 0.5) is 0 Å². The quantitative estimate of drug-likeness (QED) is 0.606. The summed E-state index contributed by atoms with van der Waals surface area (Å²) in [5.41, 5.74) is 0.610. The number of hydrogen-bond acceptors (Lipinski definition) is 3. The minimum absolute atomic E-state index is 0.117. The number of aliphatic hydroxyl groups is 1. The van der Waals surface area contributed by atoms with Crippen LogP contribution in [0.1, 0.15) is 27.2 Å². The summed E-state index contributed by atoms with van der Waals surface area (Å²) in [5.74, 6) is -0.107. The van der Waals surface area contributed by atoms with Crippen LogP contribution in [0.25, 0.3) is 0 Å². The number of amides is 1. The maximum absolute atomic E-state index is 12.2. The molecule has 0 aromatic rings. The number of alkyl halides is 1. The van der Waals surface area contributed by atoms with E-state index in [1.54, 1.807) is 25.7 Å². The molecule has 0 bridgehead atoms. The van der Waals surface area contributed by atoms with Crippen molar-refractivity contribution in [3.05, 3.63) is 10.7 Å². The molecule has 2 N–H and O–H groups in total. The Kier molecular flexibility index (Phi) is 4.90. The standard InChI is InChI=1S/C11H18ClNO3Se/c1-7(2)9(14)11(3)10(15)13-8(4-5-12)6-17(11)16/h6-7,9,14H,4-5H2,1-3H3,(H,13,15)/t9-,11?,17?/m0/s1. The molecular weight excluding hydrogens is 309 g/mol. The predicted molar refractivity (Wildman–Crippen MR) is 67.2 cm³/mol. The van der Waals surface area contributed by atoms with Gasteiger partial charge in [0.05, 0.1) is 0 Å². The van der Waals surface area contributed by atoms with E-state index in [0.29, 0.717) is 18.0 Å². The second kappa shape index (κ2) is 5.61. The maximum atomic E-state index is 12.2. The molecule has 0 saturated heterocycles. The number of rotatable bonds is 4. The second-order valence-corrected chi connectivity index (χ2v) is 8.53. The average molecular weight is 327 g/mol. The van der Waals surface area contributed by atoms with Crippen LogP contribution in [0.2, 0.25) is 4.31 Å². The summed E-state index contributed by atoms with van der Waals surface area (Å²) in [6.45, 7) is 5.18. The van der Waals surface area contributed by atoms with Gasteiger partial charge in [-0.05, 0) is 0 Å². The van der Waals surface area contributed by atoms with Crippen molar-refractivity contribution < 1.29 is 13.7 Å². The van der Waals surface area contributed by atoms with E-state index in [9.17, 15) is 13.7 Å². The molecule has 0 aromatic carbocycles. The van der Waals surface area contributed by atoms with E-state index in [-0.39, 0.29) is 11.8 Å². The van der Waals surface area contributed by atoms with Crippen LogP contribution in [0.15, 0.2) is 10.7 Å². The van der Waals surface area contributed by atoms with Crippen molar-refractivity contribution in [2.75, 3.05) is 5.88 Å². The number of allylic oxidation sites excluding steroid dienone is 1. The number of hydrogen-bond donors (Lipinski definition) is 2. The molecule has 6 heteroatoms. The number of halogens is 1. The Hall–Kier alpha value is -0.221. The number of carbonyl (C=O) groups excluding carboxylic acids is 1. The summed E-state index contributed by atoms with van der Waals surface area (Å²) >= 11 is 3.01. The molecule has 0 saturated carbocycles. The van der Waals surface area contributed by atoms with E-state index in [1.165, 1.54) is 0 Å². The normalized spacial score (nSPS) is 31.1. The Balaban J connectivity index is 3.04. The molecule has 3 atom stereocenters. The molecule has 0 aromatic heterocycles. The molecule has 17 heavy (non-hydrogen) atoms. The zero-order valence-corrected chi connectivity index (χ0v) is 12.7. The van der Waals surface area contributed by atoms with Crippen LogP contribution < -0.4 is 5.32 Å². The van der Waals surface area contributed by atoms with Gasteiger partial charge in [-0.15, -0.1) is 0 Å². The molecule has 0 spiro atoms. The molecule has 0 radical (unpaired) electrons. The Morgan fingerprint density at radius 2 is 2.18 bits per heavy atom. The third-order valence-corrected chi connectivity index (χ3v) is 6.84. The summed E-state index contributed by atoms with van der Waals surface area (Å²) < 4.78 is 11.0. The van der Waals surface area contributed by atoms with Gasteiger partial charge in [-0.2, -0.15) is 0 Å². The van der Waals surface area contributed by atoms with Crippen LogP contribution in [-0.4, -0.2) is 36.8 Å². The van der Waals surface area contributed by atoms with Gasteiger partial charge in [0.15, 0.2) is 0 Å². The molecule has 1 amide bonds. The zero-order valence-electron chi connectivity index (χ0n) is 10.2. The fourth-order valence-corrected chi connectivity index (χ4v) is 4.95. The van der Waals surface area contributed by atoms with Gasteiger partial charge < -0.3 is 0 Å². The van der Waals surface area contributed by atoms with Crippen molar-refractivity contribution in [1.29, 1.82) is 0 Å². The third-order valence-electron chi connectivity index (χ3n) is 2.95. The molecule has 2 unspecified atom stereocenters. The molecule has 0 aliphatic carbocycles. The number of nitrogens with one attached hydrogen (secondary N) is 1. The van der Waals surface area contributed by atoms with Crippen molar-refractivity contribution in [2.24, 2.45) is 5.92 Å². The topological polar surface area (TPSA) is 66.4 Å². The Labute approximate surface area is 110 Å². The first kappa shape index (κ1) is 14.8. The van der Waals surface area contributed by atoms with Crippen LogP contribution in [-0.2, 0) is 8.63 Å². The van der Waals surface area contributed by atoms with E-state index >= 15 is 0 Å². The first-order valence-corrected chi connectivity index (χ1v) is 8.58. The second-order valence-electron chi connectivity index (χ2n) is 4.63. The first-order valence-electron chi connectivity index (χ1n) is 5.51. The Morgan fingerprint density at radius 3 is 2.59 bits per heavy atom. The van der Waals surface area contributed by atoms with E-state index in [4.69, 9.17) is 11.6 Å². The molecule has 0 fully saturated rings. The van der Waals surface area contributed by atoms with Gasteiger partial charge >= 0.3 is 110 Å². The summed E-state index contributed by atoms with van der Waals surface area (Å²) in [4.78, 5) is 13.6. The van der Waals surface area contributed by atoms with Crippen molar-refractivity contribution in [3.63, 3.8) is 0 Å². The van der Waals surface area contributed by atoms with Crippen LogP contribution in [0.3, 0.4) is 0 Å². The summed E-state index contributed by atoms with van der Waals surface area (Å²) in [7, 11) is 0. The number of carbonyl (C=O) groups is 1. The molecule has 4 nitrogen and oxygen atoms in total. The Bertz CT molecular complexity index is 370. The third kappa shape index (κ3) is 2.79. The van der Waals surface area contributed by atoms with Crippen molar-refractivity contribution in [3.8, 4) is 0 Å². The van der Waals surface area contributed by atoms with Crippen LogP contribution in [0.5, 0.6) is 0 Å².